The second-order valence-electron chi connectivity index (χ2n) is 10.2. The Kier molecular flexibility index (Phi) is 7.89. The minimum absolute atomic E-state index is 0.0161. The normalized spacial score (nSPS) is 13.6. The minimum atomic E-state index is -0.475. The lowest BCUT2D eigenvalue weighted by Gasteiger charge is -2.23. The van der Waals surface area contributed by atoms with Crippen LogP contribution in [0.1, 0.15) is 34.8 Å². The van der Waals surface area contributed by atoms with E-state index in [0.717, 1.165) is 40.8 Å². The van der Waals surface area contributed by atoms with Gasteiger partial charge in [0, 0.05) is 47.5 Å². The Labute approximate surface area is 238 Å². The lowest BCUT2D eigenvalue weighted by atomic mass is 9.98. The van der Waals surface area contributed by atoms with Gasteiger partial charge >= 0.3 is 5.97 Å². The number of H-pyrrole nitrogens is 1. The van der Waals surface area contributed by atoms with Crippen molar-refractivity contribution in [2.24, 2.45) is 0 Å². The van der Waals surface area contributed by atoms with Gasteiger partial charge < -0.3 is 30.2 Å². The molecule has 0 atom stereocenters. The van der Waals surface area contributed by atoms with Gasteiger partial charge in [0.05, 0.1) is 29.6 Å². The number of rotatable bonds is 9. The SMILES string of the molecule is COC(=O)c1ccc2c(c1)NC(=O)/C2=C(\Nc1ccc(N(CCCN(C)C)C(C)=O)cc1)c1ccc2[nH]ccc2c1. The molecule has 0 saturated heterocycles. The maximum Gasteiger partial charge on any atom is 0.337 e. The molecule has 1 aliphatic rings. The summed E-state index contributed by atoms with van der Waals surface area (Å²) in [6, 6.07) is 20.6. The minimum Gasteiger partial charge on any atom is -0.465 e. The van der Waals surface area contributed by atoms with E-state index < -0.39 is 5.97 Å². The lowest BCUT2D eigenvalue weighted by molar-refractivity contribution is -0.116. The number of aromatic amines is 1. The molecule has 0 spiro atoms. The van der Waals surface area contributed by atoms with Crippen molar-refractivity contribution in [2.45, 2.75) is 13.3 Å². The largest absolute Gasteiger partial charge is 0.465 e. The number of carbonyl (C=O) groups excluding carboxylic acids is 3. The van der Waals surface area contributed by atoms with Crippen LogP contribution in [-0.2, 0) is 14.3 Å². The molecule has 5 rings (SSSR count). The molecule has 0 saturated carbocycles. The number of anilines is 3. The first-order chi connectivity index (χ1) is 19.7. The van der Waals surface area contributed by atoms with E-state index in [2.05, 4.69) is 20.5 Å². The summed E-state index contributed by atoms with van der Waals surface area (Å²) < 4.78 is 4.85. The maximum atomic E-state index is 13.4. The van der Waals surface area contributed by atoms with Crippen LogP contribution < -0.4 is 15.5 Å². The summed E-state index contributed by atoms with van der Waals surface area (Å²) >= 11 is 0. The van der Waals surface area contributed by atoms with Crippen LogP contribution in [0.4, 0.5) is 17.1 Å². The number of fused-ring (bicyclic) bond motifs is 2. The number of methoxy groups -OCH3 is 1. The zero-order chi connectivity index (χ0) is 29.1. The number of nitrogens with one attached hydrogen (secondary N) is 3. The van der Waals surface area contributed by atoms with Crippen molar-refractivity contribution < 1.29 is 19.1 Å². The van der Waals surface area contributed by atoms with E-state index in [1.807, 2.05) is 68.8 Å². The summed E-state index contributed by atoms with van der Waals surface area (Å²) in [7, 11) is 5.35. The lowest BCUT2D eigenvalue weighted by Crippen LogP contribution is -2.31. The highest BCUT2D eigenvalue weighted by molar-refractivity contribution is 6.37. The molecular weight excluding hydrogens is 518 g/mol. The van der Waals surface area contributed by atoms with Crippen molar-refractivity contribution in [3.8, 4) is 0 Å². The molecule has 4 aromatic rings. The molecule has 2 heterocycles. The Morgan fingerprint density at radius 3 is 2.39 bits per heavy atom. The number of ether oxygens (including phenoxy) is 1. The first kappa shape index (κ1) is 27.7. The number of aromatic nitrogens is 1. The van der Waals surface area contributed by atoms with Crippen LogP contribution in [0, 0.1) is 0 Å². The van der Waals surface area contributed by atoms with Crippen molar-refractivity contribution >= 4 is 57.0 Å². The van der Waals surface area contributed by atoms with Gasteiger partial charge in [0.15, 0.2) is 0 Å². The Balaban J connectivity index is 1.53. The van der Waals surface area contributed by atoms with Crippen LogP contribution in [0.15, 0.2) is 72.9 Å². The van der Waals surface area contributed by atoms with Gasteiger partial charge in [-0.3, -0.25) is 9.59 Å². The Bertz CT molecular complexity index is 1650. The van der Waals surface area contributed by atoms with Crippen molar-refractivity contribution in [3.05, 3.63) is 89.6 Å². The van der Waals surface area contributed by atoms with Crippen molar-refractivity contribution in [1.82, 2.24) is 9.88 Å². The summed E-state index contributed by atoms with van der Waals surface area (Å²) in [5, 5.41) is 7.38. The monoisotopic (exact) mass is 551 g/mol. The second-order valence-corrected chi connectivity index (χ2v) is 10.2. The Morgan fingerprint density at radius 2 is 1.68 bits per heavy atom. The van der Waals surface area contributed by atoms with Crippen LogP contribution in [0.2, 0.25) is 0 Å². The van der Waals surface area contributed by atoms with Gasteiger partial charge in [-0.25, -0.2) is 4.79 Å². The standard InChI is InChI=1S/C32H33N5O4/c1-20(38)37(17-5-16-36(2)3)25-10-8-24(9-11-25)34-30(22-7-13-27-21(18-22)14-15-33-27)29-26-12-6-23(32(40)41-4)19-28(26)35-31(29)39/h6-15,18-19,33-34H,5,16-17H2,1-4H3,(H,35,39)/b30-29-. The molecule has 1 aromatic heterocycles. The number of hydrogen-bond donors (Lipinski definition) is 3. The number of benzene rings is 3. The average Bonchev–Trinajstić information content (AvgIpc) is 3.56. The van der Waals surface area contributed by atoms with Crippen molar-refractivity contribution in [3.63, 3.8) is 0 Å². The van der Waals surface area contributed by atoms with Crippen molar-refractivity contribution in [1.29, 1.82) is 0 Å². The molecule has 0 unspecified atom stereocenters. The third-order valence-electron chi connectivity index (χ3n) is 7.09. The molecule has 0 aliphatic carbocycles. The topological polar surface area (TPSA) is 107 Å². The fourth-order valence-corrected chi connectivity index (χ4v) is 5.04. The maximum absolute atomic E-state index is 13.4. The summed E-state index contributed by atoms with van der Waals surface area (Å²) in [6.45, 7) is 3.08. The van der Waals surface area contributed by atoms with Gasteiger partial charge in [-0.1, -0.05) is 12.1 Å². The zero-order valence-electron chi connectivity index (χ0n) is 23.6. The fourth-order valence-electron chi connectivity index (χ4n) is 5.04. The second kappa shape index (κ2) is 11.7. The summed E-state index contributed by atoms with van der Waals surface area (Å²) in [5.41, 5.74) is 6.04. The third kappa shape index (κ3) is 5.85. The van der Waals surface area contributed by atoms with E-state index in [9.17, 15) is 14.4 Å². The highest BCUT2D eigenvalue weighted by Crippen LogP contribution is 2.39. The quantitative estimate of drug-likeness (QED) is 0.195. The first-order valence-electron chi connectivity index (χ1n) is 13.4. The van der Waals surface area contributed by atoms with Gasteiger partial charge in [-0.2, -0.15) is 0 Å². The van der Waals surface area contributed by atoms with Crippen LogP contribution in [0.5, 0.6) is 0 Å². The van der Waals surface area contributed by atoms with E-state index in [1.54, 1.807) is 30.0 Å². The van der Waals surface area contributed by atoms with E-state index in [1.165, 1.54) is 7.11 Å². The molecule has 0 fully saturated rings. The predicted octanol–water partition coefficient (Wildman–Crippen LogP) is 5.19. The van der Waals surface area contributed by atoms with Crippen LogP contribution in [0.25, 0.3) is 22.2 Å². The average molecular weight is 552 g/mol. The third-order valence-corrected chi connectivity index (χ3v) is 7.09. The van der Waals surface area contributed by atoms with Gasteiger partial charge in [0.25, 0.3) is 5.91 Å². The van der Waals surface area contributed by atoms with E-state index in [0.29, 0.717) is 34.6 Å². The van der Waals surface area contributed by atoms with Gasteiger partial charge in [-0.05, 0) is 87.2 Å². The van der Waals surface area contributed by atoms with Gasteiger partial charge in [0.1, 0.15) is 0 Å². The molecule has 3 aromatic carbocycles. The smallest absolute Gasteiger partial charge is 0.337 e. The summed E-state index contributed by atoms with van der Waals surface area (Å²) in [5.74, 6) is -0.770. The summed E-state index contributed by atoms with van der Waals surface area (Å²) in [6.07, 6.45) is 2.73. The first-order valence-corrected chi connectivity index (χ1v) is 13.4. The van der Waals surface area contributed by atoms with Gasteiger partial charge in [0.2, 0.25) is 5.91 Å². The molecular formula is C32H33N5O4. The molecule has 0 radical (unpaired) electrons. The molecule has 41 heavy (non-hydrogen) atoms. The molecule has 9 nitrogen and oxygen atoms in total. The molecule has 2 amide bonds. The molecule has 1 aliphatic heterocycles. The summed E-state index contributed by atoms with van der Waals surface area (Å²) in [4.78, 5) is 44.9. The molecule has 0 bridgehead atoms. The molecule has 3 N–H and O–H groups in total. The van der Waals surface area contributed by atoms with E-state index in [-0.39, 0.29) is 11.8 Å². The predicted molar refractivity (Wildman–Crippen MR) is 163 cm³/mol. The van der Waals surface area contributed by atoms with E-state index >= 15 is 0 Å². The zero-order valence-corrected chi connectivity index (χ0v) is 23.6. The highest BCUT2D eigenvalue weighted by atomic mass is 16.5. The van der Waals surface area contributed by atoms with Crippen LogP contribution in [-0.4, -0.2) is 62.0 Å². The fraction of sp³-hybridized carbons (Fsp3) is 0.219. The molecule has 9 heteroatoms. The van der Waals surface area contributed by atoms with Crippen LogP contribution >= 0.6 is 0 Å². The highest BCUT2D eigenvalue weighted by Gasteiger charge is 2.29. The number of esters is 1. The van der Waals surface area contributed by atoms with Crippen molar-refractivity contribution in [2.75, 3.05) is 49.8 Å². The van der Waals surface area contributed by atoms with Crippen LogP contribution in [0.3, 0.4) is 0 Å². The number of nitrogens with zero attached hydrogens (tertiary/aromatic N) is 2. The van der Waals surface area contributed by atoms with E-state index in [4.69, 9.17) is 4.74 Å². The number of amides is 2. The number of hydrogen-bond acceptors (Lipinski definition) is 6. The molecule has 210 valence electrons. The Hall–Kier alpha value is -4.89. The number of carbonyl (C=O) groups is 3. The Morgan fingerprint density at radius 1 is 0.927 bits per heavy atom. The van der Waals surface area contributed by atoms with Gasteiger partial charge in [-0.15, -0.1) is 0 Å².